The number of benzene rings is 4. The molecule has 0 aliphatic carbocycles. The molecule has 0 amide bonds. The molecule has 0 saturated heterocycles. The molecule has 0 aliphatic rings. The minimum Gasteiger partial charge on any atom is -0.744 e. The Morgan fingerprint density at radius 2 is 0.829 bits per heavy atom. The monoisotopic (exact) mass is 622 g/mol. The SMILES string of the molecule is CCCc1ccc2cc(S(=O)(=O)[O-])c(CCC)cc2c1.CCCc1ccc2cc(S(=O)(=O)[O-])c(CCC)cc2c1.[Ca+2]. The predicted molar refractivity (Wildman–Crippen MR) is 166 cm³/mol. The molecule has 4 aromatic rings. The van der Waals surface area contributed by atoms with Crippen molar-refractivity contribution >= 4 is 79.5 Å². The molecule has 216 valence electrons. The van der Waals surface area contributed by atoms with E-state index in [1.165, 1.54) is 23.3 Å². The molecule has 0 fully saturated rings. The van der Waals surface area contributed by atoms with E-state index in [0.717, 1.165) is 60.1 Å². The van der Waals surface area contributed by atoms with Crippen LogP contribution in [-0.2, 0) is 45.9 Å². The van der Waals surface area contributed by atoms with Crippen molar-refractivity contribution in [1.82, 2.24) is 0 Å². The van der Waals surface area contributed by atoms with Crippen molar-refractivity contribution in [3.8, 4) is 0 Å². The van der Waals surface area contributed by atoms with E-state index in [9.17, 15) is 25.9 Å². The van der Waals surface area contributed by atoms with Gasteiger partial charge >= 0.3 is 37.7 Å². The number of rotatable bonds is 10. The van der Waals surface area contributed by atoms with Crippen LogP contribution in [0, 0.1) is 0 Å². The molecule has 0 spiro atoms. The van der Waals surface area contributed by atoms with Gasteiger partial charge in [-0.1, -0.05) is 89.8 Å². The van der Waals surface area contributed by atoms with Crippen LogP contribution in [-0.4, -0.2) is 63.7 Å². The molecule has 0 heterocycles. The Labute approximate surface area is 275 Å². The second-order valence-electron chi connectivity index (χ2n) is 10.2. The van der Waals surface area contributed by atoms with E-state index in [2.05, 4.69) is 26.0 Å². The van der Waals surface area contributed by atoms with Crippen molar-refractivity contribution in [1.29, 1.82) is 0 Å². The molecule has 0 aromatic heterocycles. The zero-order valence-corrected chi connectivity index (χ0v) is 28.2. The largest absolute Gasteiger partial charge is 2.00 e. The van der Waals surface area contributed by atoms with Crippen molar-refractivity contribution < 1.29 is 25.9 Å². The Morgan fingerprint density at radius 3 is 1.12 bits per heavy atom. The molecule has 9 heteroatoms. The van der Waals surface area contributed by atoms with Crippen LogP contribution in [0.25, 0.3) is 21.5 Å². The van der Waals surface area contributed by atoms with Crippen LogP contribution in [0.2, 0.25) is 0 Å². The molecule has 0 atom stereocenters. The van der Waals surface area contributed by atoms with Crippen LogP contribution in [0.1, 0.15) is 75.6 Å². The van der Waals surface area contributed by atoms with Gasteiger partial charge in [0.1, 0.15) is 20.2 Å². The van der Waals surface area contributed by atoms with Crippen LogP contribution in [0.15, 0.2) is 70.5 Å². The maximum Gasteiger partial charge on any atom is 2.00 e. The van der Waals surface area contributed by atoms with Crippen molar-refractivity contribution in [3.05, 3.63) is 82.9 Å². The summed E-state index contributed by atoms with van der Waals surface area (Å²) in [7, 11) is -8.83. The van der Waals surface area contributed by atoms with E-state index >= 15 is 0 Å². The molecule has 0 radical (unpaired) electrons. The van der Waals surface area contributed by atoms with Gasteiger partial charge in [-0.2, -0.15) is 0 Å². The second-order valence-corrected chi connectivity index (χ2v) is 12.9. The summed E-state index contributed by atoms with van der Waals surface area (Å²) in [5.74, 6) is 0. The number of aryl methyl sites for hydroxylation is 4. The van der Waals surface area contributed by atoms with Gasteiger partial charge in [0.2, 0.25) is 0 Å². The fraction of sp³-hybridized carbons (Fsp3) is 0.375. The number of fused-ring (bicyclic) bond motifs is 2. The first-order valence-corrected chi connectivity index (χ1v) is 16.8. The van der Waals surface area contributed by atoms with Gasteiger partial charge < -0.3 is 9.11 Å². The summed E-state index contributed by atoms with van der Waals surface area (Å²) in [6, 6.07) is 18.7. The molecular formula is C32H38CaO6S2. The van der Waals surface area contributed by atoms with Gasteiger partial charge in [0.25, 0.3) is 0 Å². The Bertz CT molecular complexity index is 1570. The third-order valence-electron chi connectivity index (χ3n) is 6.82. The van der Waals surface area contributed by atoms with Crippen LogP contribution in [0.5, 0.6) is 0 Å². The summed E-state index contributed by atoms with van der Waals surface area (Å²) < 4.78 is 68.3. The average molecular weight is 623 g/mol. The molecule has 0 N–H and O–H groups in total. The van der Waals surface area contributed by atoms with Gasteiger partial charge in [-0.15, -0.1) is 0 Å². The molecule has 0 aliphatic heterocycles. The van der Waals surface area contributed by atoms with E-state index in [-0.39, 0.29) is 47.5 Å². The Morgan fingerprint density at radius 1 is 0.488 bits per heavy atom. The fourth-order valence-electron chi connectivity index (χ4n) is 5.03. The van der Waals surface area contributed by atoms with Gasteiger partial charge in [0.05, 0.1) is 9.79 Å². The van der Waals surface area contributed by atoms with Gasteiger partial charge in [-0.05, 0) is 93.7 Å². The van der Waals surface area contributed by atoms with Crippen LogP contribution in [0.4, 0.5) is 0 Å². The average Bonchev–Trinajstić information content (AvgIpc) is 2.88. The predicted octanol–water partition coefficient (Wildman–Crippen LogP) is 6.92. The molecule has 0 bridgehead atoms. The van der Waals surface area contributed by atoms with E-state index in [1.807, 2.05) is 50.2 Å². The van der Waals surface area contributed by atoms with Gasteiger partial charge in [0, 0.05) is 0 Å². The van der Waals surface area contributed by atoms with Crippen LogP contribution in [0.3, 0.4) is 0 Å². The normalized spacial score (nSPS) is 11.7. The summed E-state index contributed by atoms with van der Waals surface area (Å²) in [5, 5.41) is 3.62. The Balaban J connectivity index is 0.000000280. The molecular weight excluding hydrogens is 585 g/mol. The van der Waals surface area contributed by atoms with E-state index in [0.29, 0.717) is 24.0 Å². The first-order chi connectivity index (χ1) is 18.9. The van der Waals surface area contributed by atoms with Gasteiger partial charge in [-0.3, -0.25) is 0 Å². The molecule has 0 unspecified atom stereocenters. The van der Waals surface area contributed by atoms with Crippen molar-refractivity contribution in [2.45, 2.75) is 88.9 Å². The van der Waals surface area contributed by atoms with Crippen molar-refractivity contribution in [2.75, 3.05) is 0 Å². The van der Waals surface area contributed by atoms with E-state index < -0.39 is 20.2 Å². The molecule has 4 aromatic carbocycles. The number of hydrogen-bond acceptors (Lipinski definition) is 6. The standard InChI is InChI=1S/2C16H20O3S.Ca/c2*1-3-5-12-7-8-13-11-16(20(17,18)19)14(6-4-2)10-15(13)9-12;/h2*7-11H,3-6H2,1-2H3,(H,17,18,19);/q;;+2/p-2. The van der Waals surface area contributed by atoms with E-state index in [1.54, 1.807) is 0 Å². The zero-order valence-electron chi connectivity index (χ0n) is 24.4. The third kappa shape index (κ3) is 9.75. The third-order valence-corrected chi connectivity index (χ3v) is 8.66. The van der Waals surface area contributed by atoms with Crippen molar-refractivity contribution in [3.63, 3.8) is 0 Å². The Kier molecular flexibility index (Phi) is 13.8. The minimum atomic E-state index is -4.42. The minimum absolute atomic E-state index is 0. The van der Waals surface area contributed by atoms with Crippen LogP contribution < -0.4 is 0 Å². The smallest absolute Gasteiger partial charge is 0.744 e. The maximum absolute atomic E-state index is 11.4. The summed E-state index contributed by atoms with van der Waals surface area (Å²) in [6.07, 6.45) is 6.96. The molecule has 0 saturated carbocycles. The quantitative estimate of drug-likeness (QED) is 0.140. The summed E-state index contributed by atoms with van der Waals surface area (Å²) in [4.78, 5) is -0.148. The molecule has 41 heavy (non-hydrogen) atoms. The zero-order chi connectivity index (χ0) is 29.5. The van der Waals surface area contributed by atoms with Gasteiger partial charge in [0.15, 0.2) is 0 Å². The second kappa shape index (κ2) is 15.8. The summed E-state index contributed by atoms with van der Waals surface area (Å²) in [6.45, 7) is 8.19. The molecule has 6 nitrogen and oxygen atoms in total. The maximum atomic E-state index is 11.4. The van der Waals surface area contributed by atoms with Crippen molar-refractivity contribution in [2.24, 2.45) is 0 Å². The van der Waals surface area contributed by atoms with Crippen LogP contribution >= 0.6 is 0 Å². The summed E-state index contributed by atoms with van der Waals surface area (Å²) in [5.41, 5.74) is 3.73. The summed E-state index contributed by atoms with van der Waals surface area (Å²) >= 11 is 0. The van der Waals surface area contributed by atoms with Gasteiger partial charge in [-0.25, -0.2) is 16.8 Å². The topological polar surface area (TPSA) is 114 Å². The number of hydrogen-bond donors (Lipinski definition) is 0. The molecule has 4 rings (SSSR count). The fourth-order valence-corrected chi connectivity index (χ4v) is 6.54. The van der Waals surface area contributed by atoms with E-state index in [4.69, 9.17) is 0 Å². The Hall–Kier alpha value is -1.52. The first kappa shape index (κ1) is 35.7. The first-order valence-electron chi connectivity index (χ1n) is 13.9.